The molecule has 28 heavy (non-hydrogen) atoms. The lowest BCUT2D eigenvalue weighted by atomic mass is 10.1. The first-order chi connectivity index (χ1) is 13.4. The number of hydrogen-bond acceptors (Lipinski definition) is 3. The van der Waals surface area contributed by atoms with Crippen LogP contribution in [0.5, 0.6) is 0 Å². The van der Waals surface area contributed by atoms with Crippen LogP contribution in [0.25, 0.3) is 6.08 Å². The Morgan fingerprint density at radius 2 is 1.86 bits per heavy atom. The van der Waals surface area contributed by atoms with Crippen LogP contribution in [0.1, 0.15) is 38.6 Å². The van der Waals surface area contributed by atoms with E-state index in [2.05, 4.69) is 52.1 Å². The number of aromatic nitrogens is 3. The molecule has 7 heteroatoms. The molecule has 144 valence electrons. The van der Waals surface area contributed by atoms with Gasteiger partial charge in [0.15, 0.2) is 0 Å². The van der Waals surface area contributed by atoms with E-state index in [0.717, 1.165) is 22.5 Å². The minimum absolute atomic E-state index is 0.369. The van der Waals surface area contributed by atoms with Gasteiger partial charge in [-0.15, -0.1) is 0 Å². The van der Waals surface area contributed by atoms with Crippen LogP contribution in [0, 0.1) is 20.8 Å². The van der Waals surface area contributed by atoms with Gasteiger partial charge in [0.2, 0.25) is 0 Å². The quantitative estimate of drug-likeness (QED) is 0.471. The first kappa shape index (κ1) is 19.2. The summed E-state index contributed by atoms with van der Waals surface area (Å²) in [5.74, 6) is -0.838. The summed E-state index contributed by atoms with van der Waals surface area (Å²) in [6.45, 7) is 6.60. The van der Waals surface area contributed by atoms with Gasteiger partial charge in [-0.1, -0.05) is 29.8 Å². The highest BCUT2D eigenvalue weighted by molar-refractivity contribution is 5.97. The Morgan fingerprint density at radius 3 is 2.54 bits per heavy atom. The molecular formula is C21H23N5O2. The van der Waals surface area contributed by atoms with Gasteiger partial charge < -0.3 is 4.98 Å². The molecule has 7 nitrogen and oxygen atoms in total. The number of hydrogen-bond donors (Lipinski definition) is 3. The zero-order chi connectivity index (χ0) is 20.1. The topological polar surface area (TPSA) is 91.8 Å². The van der Waals surface area contributed by atoms with Crippen LogP contribution < -0.4 is 10.9 Å². The lowest BCUT2D eigenvalue weighted by Crippen LogP contribution is -2.40. The second kappa shape index (κ2) is 8.39. The second-order valence-electron chi connectivity index (χ2n) is 6.59. The second-order valence-corrected chi connectivity index (χ2v) is 6.59. The summed E-state index contributed by atoms with van der Waals surface area (Å²) >= 11 is 0. The molecule has 0 aliphatic heterocycles. The van der Waals surface area contributed by atoms with Crippen molar-refractivity contribution in [2.75, 3.05) is 0 Å². The van der Waals surface area contributed by atoms with E-state index in [1.165, 1.54) is 11.6 Å². The number of benzene rings is 1. The molecule has 2 amide bonds. The molecule has 3 aromatic rings. The van der Waals surface area contributed by atoms with Crippen molar-refractivity contribution in [2.24, 2.45) is 0 Å². The molecule has 0 spiro atoms. The van der Waals surface area contributed by atoms with Crippen molar-refractivity contribution in [1.82, 2.24) is 25.6 Å². The zero-order valence-corrected chi connectivity index (χ0v) is 16.1. The van der Waals surface area contributed by atoms with Crippen molar-refractivity contribution < 1.29 is 9.59 Å². The normalized spacial score (nSPS) is 11.0. The number of rotatable bonds is 5. The highest BCUT2D eigenvalue weighted by atomic mass is 16.2. The van der Waals surface area contributed by atoms with E-state index in [0.29, 0.717) is 12.2 Å². The summed E-state index contributed by atoms with van der Waals surface area (Å²) in [6.07, 6.45) is 4.72. The van der Waals surface area contributed by atoms with Crippen molar-refractivity contribution in [1.29, 1.82) is 0 Å². The standard InChI is InChI=1S/C21H23N5O2/c1-14-6-8-17(9-7-14)13-26-16(3)18(15(2)25-26)10-11-20(27)23-24-21(28)19-5-4-12-22-19/h4-12,22H,13H2,1-3H3,(H,23,27)(H,24,28)/b11-10+. The molecule has 0 aliphatic rings. The number of H-pyrrole nitrogens is 1. The first-order valence-electron chi connectivity index (χ1n) is 8.95. The SMILES string of the molecule is Cc1ccc(Cn2nc(C)c(/C=C/C(=O)NNC(=O)c3ccc[nH]3)c2C)cc1. The van der Waals surface area contributed by atoms with Crippen molar-refractivity contribution in [3.63, 3.8) is 0 Å². The molecule has 0 unspecified atom stereocenters. The maximum absolute atomic E-state index is 12.0. The van der Waals surface area contributed by atoms with E-state index in [9.17, 15) is 9.59 Å². The van der Waals surface area contributed by atoms with Gasteiger partial charge in [0.25, 0.3) is 11.8 Å². The number of amides is 2. The fourth-order valence-corrected chi connectivity index (χ4v) is 2.83. The molecule has 1 aromatic carbocycles. The number of carbonyl (C=O) groups excluding carboxylic acids is 2. The third-order valence-electron chi connectivity index (χ3n) is 4.43. The number of aryl methyl sites for hydroxylation is 2. The van der Waals surface area contributed by atoms with Gasteiger partial charge in [-0.2, -0.15) is 5.10 Å². The highest BCUT2D eigenvalue weighted by Crippen LogP contribution is 2.16. The summed E-state index contributed by atoms with van der Waals surface area (Å²) in [7, 11) is 0. The van der Waals surface area contributed by atoms with E-state index in [1.54, 1.807) is 24.4 Å². The zero-order valence-electron chi connectivity index (χ0n) is 16.1. The predicted molar refractivity (Wildman–Crippen MR) is 107 cm³/mol. The smallest absolute Gasteiger partial charge is 0.286 e. The average Bonchev–Trinajstić information content (AvgIpc) is 3.30. The Labute approximate surface area is 163 Å². The summed E-state index contributed by atoms with van der Waals surface area (Å²) in [6, 6.07) is 11.6. The van der Waals surface area contributed by atoms with Crippen molar-refractivity contribution in [3.05, 3.63) is 82.4 Å². The van der Waals surface area contributed by atoms with Crippen LogP contribution in [0.3, 0.4) is 0 Å². The van der Waals surface area contributed by atoms with E-state index in [4.69, 9.17) is 0 Å². The molecule has 0 saturated heterocycles. The number of aromatic amines is 1. The van der Waals surface area contributed by atoms with Crippen LogP contribution in [0.15, 0.2) is 48.7 Å². The minimum Gasteiger partial charge on any atom is -0.357 e. The fraction of sp³-hybridized carbons (Fsp3) is 0.190. The van der Waals surface area contributed by atoms with Crippen molar-refractivity contribution in [3.8, 4) is 0 Å². The Hall–Kier alpha value is -3.61. The summed E-state index contributed by atoms with van der Waals surface area (Å²) in [4.78, 5) is 26.6. The van der Waals surface area contributed by atoms with Gasteiger partial charge in [0, 0.05) is 23.5 Å². The van der Waals surface area contributed by atoms with Crippen molar-refractivity contribution >= 4 is 17.9 Å². The molecule has 3 rings (SSSR count). The van der Waals surface area contributed by atoms with Crippen LogP contribution in [0.2, 0.25) is 0 Å². The predicted octanol–water partition coefficient (Wildman–Crippen LogP) is 2.66. The fourth-order valence-electron chi connectivity index (χ4n) is 2.83. The van der Waals surface area contributed by atoms with Crippen LogP contribution in [0.4, 0.5) is 0 Å². The molecule has 0 fully saturated rings. The third kappa shape index (κ3) is 4.56. The van der Waals surface area contributed by atoms with E-state index in [1.807, 2.05) is 18.5 Å². The molecule has 0 atom stereocenters. The number of nitrogens with zero attached hydrogens (tertiary/aromatic N) is 2. The van der Waals surface area contributed by atoms with Gasteiger partial charge in [-0.25, -0.2) is 0 Å². The van der Waals surface area contributed by atoms with Gasteiger partial charge in [-0.3, -0.25) is 25.1 Å². The van der Waals surface area contributed by atoms with Crippen molar-refractivity contribution in [2.45, 2.75) is 27.3 Å². The van der Waals surface area contributed by atoms with Crippen LogP contribution in [-0.2, 0) is 11.3 Å². The maximum atomic E-state index is 12.0. The van der Waals surface area contributed by atoms with Gasteiger partial charge in [-0.05, 0) is 44.5 Å². The van der Waals surface area contributed by atoms with E-state index >= 15 is 0 Å². The maximum Gasteiger partial charge on any atom is 0.286 e. The van der Waals surface area contributed by atoms with E-state index in [-0.39, 0.29) is 0 Å². The number of nitrogens with one attached hydrogen (secondary N) is 3. The minimum atomic E-state index is -0.426. The molecule has 0 saturated carbocycles. The van der Waals surface area contributed by atoms with Crippen LogP contribution >= 0.6 is 0 Å². The average molecular weight is 377 g/mol. The van der Waals surface area contributed by atoms with Gasteiger partial charge in [0.1, 0.15) is 5.69 Å². The summed E-state index contributed by atoms with van der Waals surface area (Å²) in [5.41, 5.74) is 10.2. The van der Waals surface area contributed by atoms with Gasteiger partial charge in [0.05, 0.1) is 12.2 Å². The lowest BCUT2D eigenvalue weighted by molar-refractivity contribution is -0.117. The molecule has 0 bridgehead atoms. The summed E-state index contributed by atoms with van der Waals surface area (Å²) < 4.78 is 1.92. The molecular weight excluding hydrogens is 354 g/mol. The molecule has 0 aliphatic carbocycles. The Bertz CT molecular complexity index is 998. The monoisotopic (exact) mass is 377 g/mol. The Morgan fingerprint density at radius 1 is 1.11 bits per heavy atom. The first-order valence-corrected chi connectivity index (χ1v) is 8.95. The number of hydrazine groups is 1. The summed E-state index contributed by atoms with van der Waals surface area (Å²) in [5, 5.41) is 4.57. The van der Waals surface area contributed by atoms with Crippen LogP contribution in [-0.4, -0.2) is 26.6 Å². The Kier molecular flexibility index (Phi) is 5.74. The molecule has 2 aromatic heterocycles. The third-order valence-corrected chi connectivity index (χ3v) is 4.43. The highest BCUT2D eigenvalue weighted by Gasteiger charge is 2.10. The molecule has 0 radical (unpaired) electrons. The lowest BCUT2D eigenvalue weighted by Gasteiger charge is -2.05. The molecule has 3 N–H and O–H groups in total. The number of carbonyl (C=O) groups is 2. The Balaban J connectivity index is 1.63. The van der Waals surface area contributed by atoms with E-state index < -0.39 is 11.8 Å². The largest absolute Gasteiger partial charge is 0.357 e. The molecule has 2 heterocycles. The van der Waals surface area contributed by atoms with Gasteiger partial charge >= 0.3 is 0 Å².